The molecule has 0 bridgehead atoms. The van der Waals surface area contributed by atoms with E-state index in [9.17, 15) is 13.2 Å². The molecule has 28 heavy (non-hydrogen) atoms. The van der Waals surface area contributed by atoms with Crippen LogP contribution in [0.15, 0.2) is 47.1 Å². The largest absolute Gasteiger partial charge is 0.398 e. The summed E-state index contributed by atoms with van der Waals surface area (Å²) < 4.78 is 43.4. The molecule has 140 valence electrons. The van der Waals surface area contributed by atoms with Gasteiger partial charge in [-0.1, -0.05) is 17.6 Å². The zero-order valence-electron chi connectivity index (χ0n) is 14.8. The Morgan fingerprint density at radius 2 is 2.07 bits per heavy atom. The van der Waals surface area contributed by atoms with Gasteiger partial charge in [-0.3, -0.25) is 10.4 Å². The first-order chi connectivity index (χ1) is 13.3. The molecule has 0 saturated heterocycles. The predicted octanol–water partition coefficient (Wildman–Crippen LogP) is 3.27. The molecule has 0 amide bonds. The molecule has 1 unspecified atom stereocenters. The van der Waals surface area contributed by atoms with Gasteiger partial charge in [0.1, 0.15) is 19.7 Å². The second kappa shape index (κ2) is 6.54. The normalized spacial score (nSPS) is 19.4. The Balaban J connectivity index is 1.68. The molecule has 1 heterocycles. The quantitative estimate of drug-likeness (QED) is 0.433. The lowest BCUT2D eigenvalue weighted by Gasteiger charge is -2.23. The molecule has 4 nitrogen and oxygen atoms in total. The van der Waals surface area contributed by atoms with Crippen LogP contribution in [-0.4, -0.2) is 25.7 Å². The van der Waals surface area contributed by atoms with Gasteiger partial charge in [0.15, 0.2) is 0 Å². The maximum absolute atomic E-state index is 14.6. The fraction of sp³-hybridized carbons (Fsp3) is 0.200. The molecule has 0 saturated carbocycles. The Kier molecular flexibility index (Phi) is 4.29. The van der Waals surface area contributed by atoms with Crippen molar-refractivity contribution in [1.82, 2.24) is 0 Å². The highest BCUT2D eigenvalue weighted by atomic mass is 19.3. The number of hydrogen-bond donors (Lipinski definition) is 3. The van der Waals surface area contributed by atoms with Gasteiger partial charge in [-0.25, -0.2) is 13.2 Å². The van der Waals surface area contributed by atoms with E-state index in [1.807, 2.05) is 0 Å². The van der Waals surface area contributed by atoms with Gasteiger partial charge in [0.2, 0.25) is 0 Å². The van der Waals surface area contributed by atoms with Gasteiger partial charge in [-0.05, 0) is 29.3 Å². The van der Waals surface area contributed by atoms with Crippen LogP contribution in [0.2, 0.25) is 0 Å². The second-order valence-electron chi connectivity index (χ2n) is 6.92. The summed E-state index contributed by atoms with van der Waals surface area (Å²) >= 11 is 0. The molecule has 1 atom stereocenters. The number of hydrogen-bond acceptors (Lipinski definition) is 4. The molecule has 4 rings (SSSR count). The fourth-order valence-corrected chi connectivity index (χ4v) is 3.57. The van der Waals surface area contributed by atoms with Crippen molar-refractivity contribution in [1.29, 1.82) is 5.41 Å². The Bertz CT molecular complexity index is 1050. The zero-order chi connectivity index (χ0) is 20.1. The van der Waals surface area contributed by atoms with Crippen LogP contribution in [0, 0.1) is 11.2 Å². The highest BCUT2D eigenvalue weighted by Gasteiger charge is 2.49. The van der Waals surface area contributed by atoms with Gasteiger partial charge < -0.3 is 11.1 Å². The maximum atomic E-state index is 14.6. The van der Waals surface area contributed by atoms with Crippen LogP contribution in [0.3, 0.4) is 0 Å². The van der Waals surface area contributed by atoms with E-state index in [1.54, 1.807) is 30.6 Å². The molecule has 2 radical (unpaired) electrons. The molecule has 1 aliphatic carbocycles. The van der Waals surface area contributed by atoms with Gasteiger partial charge >= 0.3 is 0 Å². The summed E-state index contributed by atoms with van der Waals surface area (Å²) in [6.07, 6.45) is 3.05. The lowest BCUT2D eigenvalue weighted by molar-refractivity contribution is -0.00738. The van der Waals surface area contributed by atoms with Crippen molar-refractivity contribution in [2.24, 2.45) is 4.99 Å². The Morgan fingerprint density at radius 3 is 2.79 bits per heavy atom. The van der Waals surface area contributed by atoms with Gasteiger partial charge in [0, 0.05) is 47.8 Å². The fourth-order valence-electron chi connectivity index (χ4n) is 3.57. The third-order valence-electron chi connectivity index (χ3n) is 5.06. The summed E-state index contributed by atoms with van der Waals surface area (Å²) in [5.41, 5.74) is 7.98. The minimum atomic E-state index is -3.19. The zero-order valence-corrected chi connectivity index (χ0v) is 14.8. The van der Waals surface area contributed by atoms with E-state index in [-0.39, 0.29) is 22.3 Å². The Morgan fingerprint density at radius 1 is 1.29 bits per heavy atom. The molecule has 1 aliphatic heterocycles. The van der Waals surface area contributed by atoms with E-state index in [1.165, 1.54) is 12.1 Å². The summed E-state index contributed by atoms with van der Waals surface area (Å²) in [4.78, 5) is 3.98. The number of alkyl halides is 2. The van der Waals surface area contributed by atoms with Crippen LogP contribution in [0.5, 0.6) is 0 Å². The lowest BCUT2D eigenvalue weighted by atomic mass is 9.91. The van der Waals surface area contributed by atoms with Crippen molar-refractivity contribution in [3.05, 3.63) is 64.6 Å². The van der Waals surface area contributed by atoms with E-state index >= 15 is 0 Å². The third-order valence-corrected chi connectivity index (χ3v) is 5.06. The summed E-state index contributed by atoms with van der Waals surface area (Å²) in [5, 5.41) is 11.1. The first-order valence-electron chi connectivity index (χ1n) is 8.68. The minimum Gasteiger partial charge on any atom is -0.398 e. The average molecular weight is 380 g/mol. The maximum Gasteiger partial charge on any atom is 0.276 e. The van der Waals surface area contributed by atoms with Crippen molar-refractivity contribution >= 4 is 36.6 Å². The average Bonchev–Trinajstić information content (AvgIpc) is 3.27. The van der Waals surface area contributed by atoms with Crippen molar-refractivity contribution in [2.45, 2.75) is 24.8 Å². The van der Waals surface area contributed by atoms with Crippen LogP contribution in [0.1, 0.15) is 29.2 Å². The highest BCUT2D eigenvalue weighted by molar-refractivity contribution is 6.32. The molecule has 4 N–H and O–H groups in total. The number of nitrogen functional groups attached to an aromatic ring is 1. The molecule has 0 spiro atoms. The van der Waals surface area contributed by atoms with Crippen molar-refractivity contribution in [3.63, 3.8) is 0 Å². The number of rotatable bonds is 4. The number of allylic oxidation sites excluding steroid dienone is 1. The van der Waals surface area contributed by atoms with Crippen LogP contribution in [0.25, 0.3) is 0 Å². The smallest absolute Gasteiger partial charge is 0.276 e. The molecular weight excluding hydrogens is 364 g/mol. The molecule has 2 aliphatic rings. The van der Waals surface area contributed by atoms with E-state index in [4.69, 9.17) is 19.0 Å². The van der Waals surface area contributed by atoms with E-state index in [2.05, 4.69) is 10.3 Å². The first-order valence-corrected chi connectivity index (χ1v) is 8.68. The summed E-state index contributed by atoms with van der Waals surface area (Å²) in [7, 11) is 5.52. The minimum absolute atomic E-state index is 0.0702. The molecular formula is C20H16BF3N4. The van der Waals surface area contributed by atoms with Crippen molar-refractivity contribution in [3.8, 4) is 0 Å². The number of nitrogens with one attached hydrogen (secondary N) is 2. The molecule has 0 aromatic heterocycles. The van der Waals surface area contributed by atoms with Gasteiger partial charge in [-0.2, -0.15) is 0 Å². The number of nitrogens with zero attached hydrogens (tertiary/aromatic N) is 1. The molecule has 0 fully saturated rings. The van der Waals surface area contributed by atoms with Crippen LogP contribution in [-0.2, 0) is 6.42 Å². The predicted molar refractivity (Wildman–Crippen MR) is 106 cm³/mol. The number of anilines is 2. The number of aliphatic imine (C=N–C) groups is 1. The van der Waals surface area contributed by atoms with Crippen molar-refractivity contribution < 1.29 is 13.2 Å². The van der Waals surface area contributed by atoms with Crippen LogP contribution >= 0.6 is 0 Å². The first kappa shape index (κ1) is 18.3. The molecule has 2 aromatic rings. The number of benzene rings is 2. The SMILES string of the molecule is [B]c1ccc2c(c1F)CC(F)(F)C2Nc1ccc(N)c(C(=N)C2=CN=CC2)c1. The Hall–Kier alpha value is -3.03. The van der Waals surface area contributed by atoms with Gasteiger partial charge in [-0.15, -0.1) is 0 Å². The van der Waals surface area contributed by atoms with E-state index in [0.717, 1.165) is 0 Å². The lowest BCUT2D eigenvalue weighted by Crippen LogP contribution is -2.28. The van der Waals surface area contributed by atoms with Gasteiger partial charge in [0.25, 0.3) is 5.92 Å². The number of nitrogens with two attached hydrogens (primary N) is 1. The summed E-state index contributed by atoms with van der Waals surface area (Å²) in [5.74, 6) is -3.98. The van der Waals surface area contributed by atoms with Gasteiger partial charge in [0.05, 0.1) is 5.71 Å². The topological polar surface area (TPSA) is 74.3 Å². The highest BCUT2D eigenvalue weighted by Crippen LogP contribution is 2.45. The summed E-state index contributed by atoms with van der Waals surface area (Å²) in [6, 6.07) is 5.98. The monoisotopic (exact) mass is 380 g/mol. The molecule has 2 aromatic carbocycles. The molecule has 8 heteroatoms. The number of halogens is 3. The number of fused-ring (bicyclic) bond motifs is 1. The van der Waals surface area contributed by atoms with Crippen LogP contribution in [0.4, 0.5) is 24.5 Å². The second-order valence-corrected chi connectivity index (χ2v) is 6.92. The Labute approximate surface area is 161 Å². The van der Waals surface area contributed by atoms with Crippen molar-refractivity contribution in [2.75, 3.05) is 11.1 Å². The summed E-state index contributed by atoms with van der Waals surface area (Å²) in [6.45, 7) is 0. The standard InChI is InChI=1S/C20H16BF3N4/c21-15-3-2-12-14(17(15)22)8-20(23,24)19(12)28-11-1-4-16(25)13(7-11)18(26)10-5-6-27-9-10/h1-4,6-7,9,19,26,28H,5,8,25H2. The third kappa shape index (κ3) is 2.98. The van der Waals surface area contributed by atoms with E-state index in [0.29, 0.717) is 28.9 Å². The van der Waals surface area contributed by atoms with E-state index < -0.39 is 24.2 Å². The van der Waals surface area contributed by atoms with Crippen LogP contribution < -0.4 is 16.5 Å².